The van der Waals surface area contributed by atoms with Crippen LogP contribution in [0.4, 0.5) is 4.39 Å². The number of hydrogen-bond donors (Lipinski definition) is 1. The fraction of sp³-hybridized carbons (Fsp3) is 0.320. The first kappa shape index (κ1) is 22.1. The van der Waals surface area contributed by atoms with Gasteiger partial charge in [-0.15, -0.1) is 0 Å². The number of ether oxygens (including phenoxy) is 1. The Morgan fingerprint density at radius 3 is 2.68 bits per heavy atom. The van der Waals surface area contributed by atoms with Gasteiger partial charge in [-0.25, -0.2) is 4.98 Å². The number of halogens is 1. The second-order valence-electron chi connectivity index (χ2n) is 8.65. The molecule has 1 aromatic carbocycles. The molecule has 2 aliphatic rings. The van der Waals surface area contributed by atoms with Gasteiger partial charge in [0.15, 0.2) is 5.75 Å². The van der Waals surface area contributed by atoms with Crippen LogP contribution in [0.15, 0.2) is 65.3 Å². The molecule has 0 aliphatic carbocycles. The molecule has 1 fully saturated rings. The summed E-state index contributed by atoms with van der Waals surface area (Å²) in [7, 11) is 1.76. The van der Waals surface area contributed by atoms with E-state index in [1.807, 2.05) is 24.3 Å². The van der Waals surface area contributed by atoms with Gasteiger partial charge >= 0.3 is 0 Å². The van der Waals surface area contributed by atoms with E-state index in [-0.39, 0.29) is 11.5 Å². The third kappa shape index (κ3) is 4.51. The van der Waals surface area contributed by atoms with Gasteiger partial charge < -0.3 is 19.5 Å². The highest BCUT2D eigenvalue weighted by atomic mass is 19.1. The molecule has 0 atom stereocenters. The van der Waals surface area contributed by atoms with Crippen molar-refractivity contribution in [2.75, 3.05) is 39.8 Å². The van der Waals surface area contributed by atoms with E-state index in [1.54, 1.807) is 43.4 Å². The van der Waals surface area contributed by atoms with Crippen LogP contribution in [0.25, 0.3) is 11.0 Å². The summed E-state index contributed by atoms with van der Waals surface area (Å²) in [5.41, 5.74) is 3.09. The van der Waals surface area contributed by atoms with Crippen LogP contribution in [0.1, 0.15) is 11.3 Å². The Bertz CT molecular complexity index is 1310. The number of pyridine rings is 1. The van der Waals surface area contributed by atoms with Crippen LogP contribution in [-0.4, -0.2) is 69.4 Å². The first-order valence-corrected chi connectivity index (χ1v) is 11.3. The number of nitrogens with zero attached hydrogens (tertiary/aromatic N) is 5. The molecule has 8 nitrogen and oxygen atoms in total. The normalized spacial score (nSPS) is 17.0. The van der Waals surface area contributed by atoms with Gasteiger partial charge in [0, 0.05) is 58.7 Å². The average molecular weight is 463 g/mol. The van der Waals surface area contributed by atoms with Crippen molar-refractivity contribution >= 4 is 11.0 Å². The van der Waals surface area contributed by atoms with Crippen LogP contribution in [0.2, 0.25) is 0 Å². The Kier molecular flexibility index (Phi) is 6.02. The topological polar surface area (TPSA) is 77.6 Å². The van der Waals surface area contributed by atoms with Gasteiger partial charge in [-0.05, 0) is 42.8 Å². The fourth-order valence-corrected chi connectivity index (χ4v) is 4.32. The Balaban J connectivity index is 1.37. The lowest BCUT2D eigenvalue weighted by Crippen LogP contribution is -2.46. The van der Waals surface area contributed by atoms with Gasteiger partial charge in [0.05, 0.1) is 11.2 Å². The van der Waals surface area contributed by atoms with E-state index in [0.29, 0.717) is 47.0 Å². The first-order valence-electron chi connectivity index (χ1n) is 11.3. The first-order chi connectivity index (χ1) is 16.5. The van der Waals surface area contributed by atoms with E-state index >= 15 is 0 Å². The van der Waals surface area contributed by atoms with Crippen molar-refractivity contribution in [3.63, 3.8) is 0 Å². The van der Waals surface area contributed by atoms with Crippen molar-refractivity contribution in [3.05, 3.63) is 82.1 Å². The molecule has 0 unspecified atom stereocenters. The molecule has 0 spiro atoms. The van der Waals surface area contributed by atoms with Gasteiger partial charge in [-0.2, -0.15) is 4.39 Å². The molecule has 2 aromatic heterocycles. The van der Waals surface area contributed by atoms with Crippen LogP contribution in [0.3, 0.4) is 0 Å². The summed E-state index contributed by atoms with van der Waals surface area (Å²) in [6.07, 6.45) is 7.20. The number of allylic oxidation sites excluding steroid dienone is 1. The molecule has 9 heteroatoms. The predicted octanol–water partition coefficient (Wildman–Crippen LogP) is 3.18. The van der Waals surface area contributed by atoms with E-state index in [9.17, 15) is 9.18 Å². The summed E-state index contributed by atoms with van der Waals surface area (Å²) in [5, 5.41) is 0. The van der Waals surface area contributed by atoms with Gasteiger partial charge in [0.2, 0.25) is 5.95 Å². The van der Waals surface area contributed by atoms with Crippen LogP contribution >= 0.6 is 0 Å². The Morgan fingerprint density at radius 2 is 1.91 bits per heavy atom. The number of aromatic nitrogens is 3. The summed E-state index contributed by atoms with van der Waals surface area (Å²) >= 11 is 0. The van der Waals surface area contributed by atoms with Crippen LogP contribution in [0.5, 0.6) is 11.5 Å². The van der Waals surface area contributed by atoms with Crippen molar-refractivity contribution in [1.29, 1.82) is 0 Å². The maximum Gasteiger partial charge on any atom is 0.269 e. The molecule has 0 radical (unpaired) electrons. The van der Waals surface area contributed by atoms with E-state index < -0.39 is 0 Å². The molecule has 0 bridgehead atoms. The number of fused-ring (bicyclic) bond motifs is 1. The number of rotatable bonds is 5. The SMILES string of the molecule is Cc1nc2c(Oc3ccncc3)cc(CN3CCN(C4=C(F)N(C)CC=C4)CC3)cc2[nH]c1=O. The number of hydrogen-bond acceptors (Lipinski definition) is 7. The zero-order valence-electron chi connectivity index (χ0n) is 19.3. The summed E-state index contributed by atoms with van der Waals surface area (Å²) in [4.78, 5) is 29.7. The average Bonchev–Trinajstić information content (AvgIpc) is 2.83. The standard InChI is InChI=1S/C25H27FN6O2/c1-17-25(33)29-20-14-18(15-22(23(20)28-17)34-19-5-7-27-8-6-19)16-31-10-12-32(13-11-31)21-4-3-9-30(2)24(21)26/h3-8,14-15H,9-13,16H2,1-2H3,(H,29,33). The molecule has 3 aromatic rings. The number of H-pyrrole nitrogens is 1. The van der Waals surface area contributed by atoms with Crippen molar-refractivity contribution < 1.29 is 9.13 Å². The van der Waals surface area contributed by atoms with E-state index in [2.05, 4.69) is 24.8 Å². The zero-order chi connectivity index (χ0) is 23.7. The molecule has 2 aliphatic heterocycles. The smallest absolute Gasteiger partial charge is 0.269 e. The maximum absolute atomic E-state index is 14.5. The molecule has 0 saturated carbocycles. The van der Waals surface area contributed by atoms with Gasteiger partial charge in [0.25, 0.3) is 5.56 Å². The minimum absolute atomic E-state index is 0.171. The summed E-state index contributed by atoms with van der Waals surface area (Å²) < 4.78 is 20.7. The Labute approximate surface area is 197 Å². The fourth-order valence-electron chi connectivity index (χ4n) is 4.32. The van der Waals surface area contributed by atoms with Crippen molar-refractivity contribution in [2.24, 2.45) is 0 Å². The Hall–Kier alpha value is -3.72. The van der Waals surface area contributed by atoms with Crippen LogP contribution in [0, 0.1) is 6.92 Å². The quantitative estimate of drug-likeness (QED) is 0.584. The highest BCUT2D eigenvalue weighted by molar-refractivity contribution is 5.82. The largest absolute Gasteiger partial charge is 0.455 e. The molecule has 0 amide bonds. The lowest BCUT2D eigenvalue weighted by molar-refractivity contribution is 0.147. The molecule has 1 N–H and O–H groups in total. The molecular weight excluding hydrogens is 435 g/mol. The van der Waals surface area contributed by atoms with Gasteiger partial charge in [-0.3, -0.25) is 14.7 Å². The van der Waals surface area contributed by atoms with Crippen molar-refractivity contribution in [2.45, 2.75) is 13.5 Å². The molecule has 176 valence electrons. The third-order valence-corrected chi connectivity index (χ3v) is 6.19. The number of piperazine rings is 1. The van der Waals surface area contributed by atoms with Crippen LogP contribution in [-0.2, 0) is 6.54 Å². The van der Waals surface area contributed by atoms with Gasteiger partial charge in [-0.1, -0.05) is 6.08 Å². The number of nitrogens with one attached hydrogen (secondary N) is 1. The second-order valence-corrected chi connectivity index (χ2v) is 8.65. The molecule has 34 heavy (non-hydrogen) atoms. The van der Waals surface area contributed by atoms with Gasteiger partial charge in [0.1, 0.15) is 17.0 Å². The predicted molar refractivity (Wildman–Crippen MR) is 128 cm³/mol. The van der Waals surface area contributed by atoms with Crippen LogP contribution < -0.4 is 10.3 Å². The highest BCUT2D eigenvalue weighted by Gasteiger charge is 2.23. The minimum Gasteiger partial charge on any atom is -0.455 e. The van der Waals surface area contributed by atoms with Crippen molar-refractivity contribution in [1.82, 2.24) is 29.7 Å². The monoisotopic (exact) mass is 462 g/mol. The minimum atomic E-state index is -0.214. The molecule has 4 heterocycles. The number of aryl methyl sites for hydroxylation is 1. The van der Waals surface area contributed by atoms with Crippen molar-refractivity contribution in [3.8, 4) is 11.5 Å². The maximum atomic E-state index is 14.5. The molecular formula is C25H27FN6O2. The lowest BCUT2D eigenvalue weighted by Gasteiger charge is -2.38. The zero-order valence-corrected chi connectivity index (χ0v) is 19.3. The van der Waals surface area contributed by atoms with E-state index in [4.69, 9.17) is 4.74 Å². The second kappa shape index (κ2) is 9.26. The third-order valence-electron chi connectivity index (χ3n) is 6.19. The lowest BCUT2D eigenvalue weighted by atomic mass is 10.1. The number of likely N-dealkylation sites (N-methyl/N-ethyl adjacent to an activating group) is 1. The molecule has 1 saturated heterocycles. The summed E-state index contributed by atoms with van der Waals surface area (Å²) in [5.74, 6) is 1.06. The van der Waals surface area contributed by atoms with E-state index in [0.717, 1.165) is 31.7 Å². The number of benzene rings is 1. The summed E-state index contributed by atoms with van der Waals surface area (Å²) in [6, 6.07) is 7.49. The Morgan fingerprint density at radius 1 is 1.15 bits per heavy atom. The molecule has 5 rings (SSSR count). The summed E-state index contributed by atoms with van der Waals surface area (Å²) in [6.45, 7) is 6.05. The number of aromatic amines is 1. The van der Waals surface area contributed by atoms with E-state index in [1.165, 1.54) is 0 Å². The highest BCUT2D eigenvalue weighted by Crippen LogP contribution is 2.30.